The molecule has 7 heteroatoms. The SMILES string of the molecule is COc1ccccc1CN(Cc1cccs1)C(=O)[C@@H]1CCCN(C(=O)NC(C)C)C1. The van der Waals surface area contributed by atoms with Crippen LogP contribution in [0.1, 0.15) is 37.1 Å². The average molecular weight is 430 g/mol. The van der Waals surface area contributed by atoms with Gasteiger partial charge >= 0.3 is 6.03 Å². The summed E-state index contributed by atoms with van der Waals surface area (Å²) in [6, 6.07) is 11.9. The first-order chi connectivity index (χ1) is 14.5. The van der Waals surface area contributed by atoms with E-state index in [1.807, 2.05) is 54.5 Å². The molecule has 0 aliphatic carbocycles. The minimum absolute atomic E-state index is 0.0782. The number of thiophene rings is 1. The molecule has 0 radical (unpaired) electrons. The van der Waals surface area contributed by atoms with Gasteiger partial charge in [-0.25, -0.2) is 4.79 Å². The first-order valence-electron chi connectivity index (χ1n) is 10.5. The van der Waals surface area contributed by atoms with Gasteiger partial charge in [0.25, 0.3) is 0 Å². The number of para-hydroxylation sites is 1. The molecule has 2 heterocycles. The van der Waals surface area contributed by atoms with Gasteiger partial charge in [-0.1, -0.05) is 24.3 Å². The summed E-state index contributed by atoms with van der Waals surface area (Å²) in [5, 5.41) is 4.97. The molecule has 1 aliphatic heterocycles. The number of hydrogen-bond donors (Lipinski definition) is 1. The van der Waals surface area contributed by atoms with Crippen molar-refractivity contribution in [2.45, 2.75) is 45.8 Å². The molecule has 1 fully saturated rings. The second-order valence-corrected chi connectivity index (χ2v) is 9.01. The number of likely N-dealkylation sites (tertiary alicyclic amines) is 1. The van der Waals surface area contributed by atoms with Crippen LogP contribution in [0, 0.1) is 5.92 Å². The Balaban J connectivity index is 1.76. The van der Waals surface area contributed by atoms with E-state index in [1.165, 1.54) is 0 Å². The van der Waals surface area contributed by atoms with E-state index in [-0.39, 0.29) is 23.9 Å². The molecule has 3 rings (SSSR count). The van der Waals surface area contributed by atoms with E-state index in [9.17, 15) is 9.59 Å². The molecule has 0 spiro atoms. The van der Waals surface area contributed by atoms with Gasteiger partial charge in [0.2, 0.25) is 5.91 Å². The lowest BCUT2D eigenvalue weighted by molar-refractivity contribution is -0.138. The first-order valence-corrected chi connectivity index (χ1v) is 11.3. The van der Waals surface area contributed by atoms with E-state index < -0.39 is 0 Å². The molecule has 2 aromatic rings. The number of urea groups is 1. The Morgan fingerprint density at radius 2 is 2.03 bits per heavy atom. The third-order valence-corrected chi connectivity index (χ3v) is 6.12. The molecule has 1 saturated heterocycles. The summed E-state index contributed by atoms with van der Waals surface area (Å²) in [5.41, 5.74) is 0.982. The number of carbonyl (C=O) groups excluding carboxylic acids is 2. The molecule has 3 amide bonds. The van der Waals surface area contributed by atoms with Crippen molar-refractivity contribution < 1.29 is 14.3 Å². The van der Waals surface area contributed by atoms with Gasteiger partial charge in [0.05, 0.1) is 19.6 Å². The highest BCUT2D eigenvalue weighted by atomic mass is 32.1. The summed E-state index contributed by atoms with van der Waals surface area (Å²) >= 11 is 1.65. The molecule has 0 bridgehead atoms. The number of amides is 3. The Kier molecular flexibility index (Phi) is 7.74. The zero-order chi connectivity index (χ0) is 21.5. The Labute approximate surface area is 182 Å². The quantitative estimate of drug-likeness (QED) is 0.720. The van der Waals surface area contributed by atoms with Crippen LogP contribution in [-0.4, -0.2) is 48.0 Å². The third-order valence-electron chi connectivity index (χ3n) is 5.26. The predicted molar refractivity (Wildman–Crippen MR) is 120 cm³/mol. The van der Waals surface area contributed by atoms with Crippen LogP contribution >= 0.6 is 11.3 Å². The van der Waals surface area contributed by atoms with Crippen molar-refractivity contribution in [3.05, 3.63) is 52.2 Å². The number of nitrogens with zero attached hydrogens (tertiary/aromatic N) is 2. The zero-order valence-corrected chi connectivity index (χ0v) is 18.8. The molecule has 1 aliphatic rings. The number of benzene rings is 1. The van der Waals surface area contributed by atoms with E-state index in [1.54, 1.807) is 23.3 Å². The lowest BCUT2D eigenvalue weighted by Crippen LogP contribution is -2.50. The van der Waals surface area contributed by atoms with Gasteiger partial charge in [-0.3, -0.25) is 4.79 Å². The highest BCUT2D eigenvalue weighted by Gasteiger charge is 2.32. The summed E-state index contributed by atoms with van der Waals surface area (Å²) in [7, 11) is 1.65. The van der Waals surface area contributed by atoms with Gasteiger partial charge in [-0.05, 0) is 44.2 Å². The van der Waals surface area contributed by atoms with Crippen LogP contribution in [0.2, 0.25) is 0 Å². The molecule has 0 unspecified atom stereocenters. The maximum atomic E-state index is 13.6. The fraction of sp³-hybridized carbons (Fsp3) is 0.478. The normalized spacial score (nSPS) is 16.4. The molecule has 1 aromatic heterocycles. The van der Waals surface area contributed by atoms with Crippen molar-refractivity contribution in [2.75, 3.05) is 20.2 Å². The fourth-order valence-corrected chi connectivity index (χ4v) is 4.52. The Hall–Kier alpha value is -2.54. The maximum Gasteiger partial charge on any atom is 0.317 e. The van der Waals surface area contributed by atoms with E-state index in [4.69, 9.17) is 4.74 Å². The van der Waals surface area contributed by atoms with Gasteiger partial charge in [0.15, 0.2) is 0 Å². The standard InChI is InChI=1S/C23H31N3O3S/c1-17(2)24-23(28)25-12-6-9-19(15-25)22(27)26(16-20-10-7-13-30-20)14-18-8-4-5-11-21(18)29-3/h4-5,7-8,10-11,13,17,19H,6,9,12,14-16H2,1-3H3,(H,24,28)/t19-/m1/s1. The lowest BCUT2D eigenvalue weighted by Gasteiger charge is -2.35. The number of piperidine rings is 1. The summed E-state index contributed by atoms with van der Waals surface area (Å²) in [5.74, 6) is 0.686. The predicted octanol–water partition coefficient (Wildman–Crippen LogP) is 4.12. The van der Waals surface area contributed by atoms with Crippen molar-refractivity contribution in [2.24, 2.45) is 5.92 Å². The number of ether oxygens (including phenoxy) is 1. The molecule has 6 nitrogen and oxygen atoms in total. The number of nitrogens with one attached hydrogen (secondary N) is 1. The minimum atomic E-state index is -0.189. The van der Waals surface area contributed by atoms with Crippen LogP contribution in [-0.2, 0) is 17.9 Å². The summed E-state index contributed by atoms with van der Waals surface area (Å²) in [6.07, 6.45) is 1.64. The highest BCUT2D eigenvalue weighted by Crippen LogP contribution is 2.25. The van der Waals surface area contributed by atoms with Crippen LogP contribution in [0.15, 0.2) is 41.8 Å². The van der Waals surface area contributed by atoms with Crippen molar-refractivity contribution in [1.82, 2.24) is 15.1 Å². The third kappa shape index (κ3) is 5.75. The second-order valence-electron chi connectivity index (χ2n) is 7.97. The summed E-state index contributed by atoms with van der Waals surface area (Å²) in [4.78, 5) is 30.8. The first kappa shape index (κ1) is 22.2. The Morgan fingerprint density at radius 1 is 1.23 bits per heavy atom. The fourth-order valence-electron chi connectivity index (χ4n) is 3.80. The second kappa shape index (κ2) is 10.5. The summed E-state index contributed by atoms with van der Waals surface area (Å²) in [6.45, 7) is 6.09. The van der Waals surface area contributed by atoms with Crippen molar-refractivity contribution in [1.29, 1.82) is 0 Å². The lowest BCUT2D eigenvalue weighted by atomic mass is 9.96. The van der Waals surface area contributed by atoms with E-state index in [2.05, 4.69) is 11.4 Å². The van der Waals surface area contributed by atoms with Crippen LogP contribution in [0.5, 0.6) is 5.75 Å². The van der Waals surface area contributed by atoms with Gasteiger partial charge in [-0.2, -0.15) is 0 Å². The largest absolute Gasteiger partial charge is 0.496 e. The zero-order valence-electron chi connectivity index (χ0n) is 18.0. The van der Waals surface area contributed by atoms with Crippen molar-refractivity contribution in [3.8, 4) is 5.75 Å². The molecule has 1 N–H and O–H groups in total. The van der Waals surface area contributed by atoms with Gasteiger partial charge in [0.1, 0.15) is 5.75 Å². The number of rotatable bonds is 7. The minimum Gasteiger partial charge on any atom is -0.496 e. The monoisotopic (exact) mass is 429 g/mol. The molecule has 1 aromatic carbocycles. The van der Waals surface area contributed by atoms with Crippen LogP contribution < -0.4 is 10.1 Å². The maximum absolute atomic E-state index is 13.6. The average Bonchev–Trinajstić information content (AvgIpc) is 3.26. The van der Waals surface area contributed by atoms with Crippen LogP contribution in [0.4, 0.5) is 4.79 Å². The smallest absolute Gasteiger partial charge is 0.317 e. The Morgan fingerprint density at radius 3 is 2.73 bits per heavy atom. The molecular formula is C23H31N3O3S. The number of carbonyl (C=O) groups is 2. The van der Waals surface area contributed by atoms with E-state index in [0.717, 1.165) is 29.0 Å². The highest BCUT2D eigenvalue weighted by molar-refractivity contribution is 7.09. The molecule has 1 atom stereocenters. The van der Waals surface area contributed by atoms with Gasteiger partial charge < -0.3 is 19.9 Å². The number of methoxy groups -OCH3 is 1. The topological polar surface area (TPSA) is 61.9 Å². The molecular weight excluding hydrogens is 398 g/mol. The number of hydrogen-bond acceptors (Lipinski definition) is 4. The summed E-state index contributed by atoms with van der Waals surface area (Å²) < 4.78 is 5.50. The van der Waals surface area contributed by atoms with E-state index in [0.29, 0.717) is 26.2 Å². The molecule has 30 heavy (non-hydrogen) atoms. The van der Waals surface area contributed by atoms with Crippen LogP contribution in [0.25, 0.3) is 0 Å². The van der Waals surface area contributed by atoms with Crippen molar-refractivity contribution in [3.63, 3.8) is 0 Å². The van der Waals surface area contributed by atoms with Gasteiger partial charge in [-0.15, -0.1) is 11.3 Å². The molecule has 0 saturated carbocycles. The van der Waals surface area contributed by atoms with Crippen molar-refractivity contribution >= 4 is 23.3 Å². The molecule has 162 valence electrons. The Bertz CT molecular complexity index is 838. The van der Waals surface area contributed by atoms with Gasteiger partial charge in [0, 0.05) is 36.1 Å². The van der Waals surface area contributed by atoms with Crippen LogP contribution in [0.3, 0.4) is 0 Å². The van der Waals surface area contributed by atoms with E-state index >= 15 is 0 Å².